The molecule has 0 saturated heterocycles. The van der Waals surface area contributed by atoms with Gasteiger partial charge in [-0.2, -0.15) is 0 Å². The van der Waals surface area contributed by atoms with E-state index in [1.807, 2.05) is 24.3 Å². The monoisotopic (exact) mass is 374 g/mol. The van der Waals surface area contributed by atoms with Crippen molar-refractivity contribution in [1.29, 1.82) is 0 Å². The number of benzene rings is 1. The smallest absolute Gasteiger partial charge is 0.319 e. The zero-order chi connectivity index (χ0) is 19.8. The molecule has 0 bridgehead atoms. The molecule has 1 aromatic carbocycles. The van der Waals surface area contributed by atoms with Crippen molar-refractivity contribution in [3.8, 4) is 17.6 Å². The first-order valence-electron chi connectivity index (χ1n) is 8.35. The lowest BCUT2D eigenvalue weighted by molar-refractivity contribution is 0.251. The lowest BCUT2D eigenvalue weighted by atomic mass is 10.2. The third-order valence-corrected chi connectivity index (χ3v) is 3.65. The molecule has 3 rings (SSSR count). The Morgan fingerprint density at radius 3 is 2.64 bits per heavy atom. The average molecular weight is 374 g/mol. The zero-order valence-electron chi connectivity index (χ0n) is 15.1. The van der Waals surface area contributed by atoms with Crippen LogP contribution in [-0.4, -0.2) is 28.1 Å². The third kappa shape index (κ3) is 5.19. The largest absolute Gasteiger partial charge is 0.496 e. The highest BCUT2D eigenvalue weighted by Gasteiger charge is 2.05. The normalized spacial score (nSPS) is 9.75. The molecule has 4 N–H and O–H groups in total. The van der Waals surface area contributed by atoms with Crippen LogP contribution >= 0.6 is 0 Å². The van der Waals surface area contributed by atoms with Crippen molar-refractivity contribution in [3.05, 3.63) is 71.8 Å². The SMILES string of the molecule is COc1ccccc1CNC(=O)Nc1cncc(C#Cc2cnc(N)nc2)c1. The number of urea groups is 1. The number of pyridine rings is 1. The fourth-order valence-corrected chi connectivity index (χ4v) is 2.32. The van der Waals surface area contributed by atoms with Gasteiger partial charge in [0, 0.05) is 36.3 Å². The summed E-state index contributed by atoms with van der Waals surface area (Å²) in [7, 11) is 1.59. The van der Waals surface area contributed by atoms with Gasteiger partial charge in [-0.15, -0.1) is 0 Å². The molecule has 0 saturated carbocycles. The van der Waals surface area contributed by atoms with Gasteiger partial charge in [0.1, 0.15) is 5.75 Å². The number of hydrogen-bond donors (Lipinski definition) is 3. The van der Waals surface area contributed by atoms with Crippen molar-refractivity contribution in [2.45, 2.75) is 6.54 Å². The maximum absolute atomic E-state index is 12.2. The number of carbonyl (C=O) groups excluding carboxylic acids is 1. The molecule has 28 heavy (non-hydrogen) atoms. The highest BCUT2D eigenvalue weighted by atomic mass is 16.5. The summed E-state index contributed by atoms with van der Waals surface area (Å²) in [5.74, 6) is 6.77. The van der Waals surface area contributed by atoms with E-state index in [-0.39, 0.29) is 12.0 Å². The quantitative estimate of drug-likeness (QED) is 0.603. The number of nitrogens with one attached hydrogen (secondary N) is 2. The molecule has 8 heteroatoms. The van der Waals surface area contributed by atoms with Crippen LogP contribution in [0, 0.1) is 11.8 Å². The molecule has 0 spiro atoms. The number of methoxy groups -OCH3 is 1. The number of nitrogens with zero attached hydrogens (tertiary/aromatic N) is 3. The number of rotatable bonds is 4. The van der Waals surface area contributed by atoms with Crippen LogP contribution in [0.5, 0.6) is 5.75 Å². The van der Waals surface area contributed by atoms with Gasteiger partial charge in [-0.3, -0.25) is 4.98 Å². The molecular weight excluding hydrogens is 356 g/mol. The standard InChI is InChI=1S/C20H18N6O2/c1-28-18-5-3-2-4-16(18)12-25-20(27)26-17-8-14(9-22-13-17)6-7-15-10-23-19(21)24-11-15/h2-5,8-11,13H,12H2,1H3,(H2,21,23,24)(H2,25,26,27). The molecule has 0 radical (unpaired) electrons. The van der Waals surface area contributed by atoms with E-state index in [0.29, 0.717) is 29.1 Å². The molecule has 2 heterocycles. The van der Waals surface area contributed by atoms with Crippen LogP contribution in [0.3, 0.4) is 0 Å². The Morgan fingerprint density at radius 2 is 1.86 bits per heavy atom. The van der Waals surface area contributed by atoms with Crippen molar-refractivity contribution in [2.24, 2.45) is 0 Å². The van der Waals surface area contributed by atoms with Crippen LogP contribution in [0.2, 0.25) is 0 Å². The zero-order valence-corrected chi connectivity index (χ0v) is 15.1. The van der Waals surface area contributed by atoms with E-state index in [1.165, 1.54) is 12.4 Å². The van der Waals surface area contributed by atoms with Crippen molar-refractivity contribution >= 4 is 17.7 Å². The number of amides is 2. The Hall–Kier alpha value is -4.12. The van der Waals surface area contributed by atoms with Crippen molar-refractivity contribution < 1.29 is 9.53 Å². The van der Waals surface area contributed by atoms with E-state index in [0.717, 1.165) is 5.56 Å². The Balaban J connectivity index is 1.61. The summed E-state index contributed by atoms with van der Waals surface area (Å²) in [4.78, 5) is 24.0. The molecule has 0 unspecified atom stereocenters. The van der Waals surface area contributed by atoms with Gasteiger partial charge in [-0.1, -0.05) is 30.0 Å². The van der Waals surface area contributed by atoms with Crippen molar-refractivity contribution in [1.82, 2.24) is 20.3 Å². The summed E-state index contributed by atoms with van der Waals surface area (Å²) in [5.41, 5.74) is 8.11. The number of anilines is 2. The summed E-state index contributed by atoms with van der Waals surface area (Å²) in [6.07, 6.45) is 6.22. The van der Waals surface area contributed by atoms with Crippen molar-refractivity contribution in [3.63, 3.8) is 0 Å². The summed E-state index contributed by atoms with van der Waals surface area (Å²) in [6, 6.07) is 8.85. The number of nitrogen functional groups attached to an aromatic ring is 1. The molecule has 2 aromatic heterocycles. The van der Waals surface area contributed by atoms with Gasteiger partial charge in [-0.25, -0.2) is 14.8 Å². The second kappa shape index (κ2) is 9.00. The molecule has 8 nitrogen and oxygen atoms in total. The maximum Gasteiger partial charge on any atom is 0.319 e. The topological polar surface area (TPSA) is 115 Å². The van der Waals surface area contributed by atoms with E-state index in [1.54, 1.807) is 25.6 Å². The number of nitrogens with two attached hydrogens (primary N) is 1. The average Bonchev–Trinajstić information content (AvgIpc) is 2.72. The molecule has 3 aromatic rings. The van der Waals surface area contributed by atoms with Gasteiger partial charge < -0.3 is 21.1 Å². The van der Waals surface area contributed by atoms with Gasteiger partial charge in [0.15, 0.2) is 0 Å². The highest BCUT2D eigenvalue weighted by Crippen LogP contribution is 2.16. The summed E-state index contributed by atoms with van der Waals surface area (Å²) in [5, 5.41) is 5.52. The molecule has 140 valence electrons. The minimum atomic E-state index is -0.357. The Labute approximate surface area is 162 Å². The number of ether oxygens (including phenoxy) is 1. The van der Waals surface area contributed by atoms with Gasteiger partial charge in [0.25, 0.3) is 0 Å². The molecular formula is C20H18N6O2. The Bertz CT molecular complexity index is 1020. The van der Waals surface area contributed by atoms with Gasteiger partial charge >= 0.3 is 6.03 Å². The van der Waals surface area contributed by atoms with Crippen LogP contribution in [0.25, 0.3) is 0 Å². The van der Waals surface area contributed by atoms with E-state index in [4.69, 9.17) is 10.5 Å². The molecule has 0 aliphatic heterocycles. The van der Waals surface area contributed by atoms with Gasteiger partial charge in [0.05, 0.1) is 24.6 Å². The number of carbonyl (C=O) groups is 1. The van der Waals surface area contributed by atoms with Gasteiger partial charge in [0.2, 0.25) is 5.95 Å². The van der Waals surface area contributed by atoms with Crippen LogP contribution in [0.15, 0.2) is 55.1 Å². The molecule has 0 aliphatic rings. The van der Waals surface area contributed by atoms with Crippen LogP contribution < -0.4 is 21.1 Å². The van der Waals surface area contributed by atoms with Crippen LogP contribution in [0.1, 0.15) is 16.7 Å². The van der Waals surface area contributed by atoms with E-state index in [2.05, 4.69) is 37.4 Å². The highest BCUT2D eigenvalue weighted by molar-refractivity contribution is 5.89. The lowest BCUT2D eigenvalue weighted by Gasteiger charge is -2.10. The first kappa shape index (κ1) is 18.7. The second-order valence-corrected chi connectivity index (χ2v) is 5.66. The van der Waals surface area contributed by atoms with Gasteiger partial charge in [-0.05, 0) is 12.1 Å². The number of hydrogen-bond acceptors (Lipinski definition) is 6. The van der Waals surface area contributed by atoms with E-state index in [9.17, 15) is 4.79 Å². The van der Waals surface area contributed by atoms with E-state index >= 15 is 0 Å². The Kier molecular flexibility index (Phi) is 6.00. The first-order valence-corrected chi connectivity index (χ1v) is 8.35. The fourth-order valence-electron chi connectivity index (χ4n) is 2.32. The number of aromatic nitrogens is 3. The minimum Gasteiger partial charge on any atom is -0.496 e. The summed E-state index contributed by atoms with van der Waals surface area (Å²) in [6.45, 7) is 0.333. The van der Waals surface area contributed by atoms with Crippen LogP contribution in [0.4, 0.5) is 16.4 Å². The molecule has 0 fully saturated rings. The molecule has 2 amide bonds. The molecule has 0 atom stereocenters. The summed E-state index contributed by atoms with van der Waals surface area (Å²) < 4.78 is 5.27. The number of para-hydroxylation sites is 1. The summed E-state index contributed by atoms with van der Waals surface area (Å²) >= 11 is 0. The third-order valence-electron chi connectivity index (χ3n) is 3.65. The fraction of sp³-hybridized carbons (Fsp3) is 0.100. The molecule has 0 aliphatic carbocycles. The minimum absolute atomic E-state index is 0.192. The predicted octanol–water partition coefficient (Wildman–Crippen LogP) is 2.18. The predicted molar refractivity (Wildman–Crippen MR) is 106 cm³/mol. The Morgan fingerprint density at radius 1 is 1.11 bits per heavy atom. The first-order chi connectivity index (χ1) is 13.6. The lowest BCUT2D eigenvalue weighted by Crippen LogP contribution is -2.28. The maximum atomic E-state index is 12.2. The van der Waals surface area contributed by atoms with Crippen LogP contribution in [-0.2, 0) is 6.54 Å². The van der Waals surface area contributed by atoms with Crippen molar-refractivity contribution in [2.75, 3.05) is 18.2 Å². The second-order valence-electron chi connectivity index (χ2n) is 5.66. The van der Waals surface area contributed by atoms with E-state index < -0.39 is 0 Å².